The maximum absolute atomic E-state index is 13.8. The van der Waals surface area contributed by atoms with Gasteiger partial charge in [-0.1, -0.05) is 60.2 Å². The van der Waals surface area contributed by atoms with E-state index in [4.69, 9.17) is 0 Å². The third-order valence-electron chi connectivity index (χ3n) is 5.44. The molecular weight excluding hydrogens is 405 g/mol. The highest BCUT2D eigenvalue weighted by molar-refractivity contribution is 5.93. The van der Waals surface area contributed by atoms with Crippen LogP contribution in [-0.4, -0.2) is 28.4 Å². The minimum atomic E-state index is -4.48. The van der Waals surface area contributed by atoms with Crippen LogP contribution < -0.4 is 10.6 Å². The van der Waals surface area contributed by atoms with Crippen molar-refractivity contribution >= 4 is 11.7 Å². The minimum absolute atomic E-state index is 0.0330. The molecular formula is C23H23F3N4O. The quantitative estimate of drug-likeness (QED) is 0.612. The molecule has 0 unspecified atom stereocenters. The summed E-state index contributed by atoms with van der Waals surface area (Å²) < 4.78 is 42.2. The molecule has 1 amide bonds. The Morgan fingerprint density at radius 1 is 1.16 bits per heavy atom. The number of hydrogen-bond acceptors (Lipinski definition) is 3. The van der Waals surface area contributed by atoms with Gasteiger partial charge in [0.25, 0.3) is 5.91 Å². The van der Waals surface area contributed by atoms with Crippen LogP contribution in [-0.2, 0) is 6.42 Å². The molecule has 8 heteroatoms. The molecule has 0 aliphatic carbocycles. The van der Waals surface area contributed by atoms with Gasteiger partial charge in [0.1, 0.15) is 5.82 Å². The first-order chi connectivity index (χ1) is 14.8. The van der Waals surface area contributed by atoms with Crippen LogP contribution >= 0.6 is 0 Å². The normalized spacial score (nSPS) is 18.2. The van der Waals surface area contributed by atoms with E-state index in [1.165, 1.54) is 6.07 Å². The number of rotatable bonds is 5. The average Bonchev–Trinajstić information content (AvgIpc) is 3.18. The summed E-state index contributed by atoms with van der Waals surface area (Å²) in [7, 11) is 0. The highest BCUT2D eigenvalue weighted by Gasteiger charge is 2.46. The molecule has 0 saturated heterocycles. The molecule has 5 nitrogen and oxygen atoms in total. The van der Waals surface area contributed by atoms with Gasteiger partial charge >= 0.3 is 6.18 Å². The highest BCUT2D eigenvalue weighted by Crippen LogP contribution is 2.43. The van der Waals surface area contributed by atoms with Gasteiger partial charge in [-0.25, -0.2) is 4.68 Å². The van der Waals surface area contributed by atoms with Crippen LogP contribution in [0.4, 0.5) is 19.0 Å². The van der Waals surface area contributed by atoms with Crippen molar-refractivity contribution in [2.45, 2.75) is 38.0 Å². The number of nitrogens with one attached hydrogen (secondary N) is 2. The van der Waals surface area contributed by atoms with Crippen LogP contribution in [0.2, 0.25) is 0 Å². The first-order valence-corrected chi connectivity index (χ1v) is 10.1. The standard InChI is InChI=1S/C23H23F3N4O/c1-15-7-9-17(10-8-15)18-13-20(23(24,25)26)30-21(28-18)14-19(29-30)22(31)27-12-11-16-5-3-2-4-6-16/h2-10,14,18,20,28H,11-13H2,1H3,(H,27,31)/t18-,20+/m1/s1. The Hall–Kier alpha value is -3.29. The van der Waals surface area contributed by atoms with Crippen LogP contribution in [0.5, 0.6) is 0 Å². The minimum Gasteiger partial charge on any atom is -0.363 e. The number of aromatic nitrogens is 2. The van der Waals surface area contributed by atoms with E-state index in [2.05, 4.69) is 15.7 Å². The lowest BCUT2D eigenvalue weighted by atomic mass is 9.96. The molecule has 0 spiro atoms. The second kappa shape index (κ2) is 8.45. The lowest BCUT2D eigenvalue weighted by molar-refractivity contribution is -0.173. The Balaban J connectivity index is 1.52. The van der Waals surface area contributed by atoms with E-state index in [1.807, 2.05) is 61.5 Å². The zero-order valence-corrected chi connectivity index (χ0v) is 17.0. The highest BCUT2D eigenvalue weighted by atomic mass is 19.4. The van der Waals surface area contributed by atoms with Gasteiger partial charge in [0.15, 0.2) is 11.7 Å². The lowest BCUT2D eigenvalue weighted by Gasteiger charge is -2.33. The number of halogens is 3. The molecule has 31 heavy (non-hydrogen) atoms. The second-order valence-electron chi connectivity index (χ2n) is 7.75. The van der Waals surface area contributed by atoms with Crippen LogP contribution in [0.1, 0.15) is 45.7 Å². The van der Waals surface area contributed by atoms with Crippen molar-refractivity contribution in [3.05, 3.63) is 83.0 Å². The molecule has 1 aliphatic rings. The molecule has 0 saturated carbocycles. The number of benzene rings is 2. The van der Waals surface area contributed by atoms with E-state index in [0.29, 0.717) is 13.0 Å². The maximum Gasteiger partial charge on any atom is 0.410 e. The first kappa shape index (κ1) is 21.0. The number of hydrogen-bond donors (Lipinski definition) is 2. The molecule has 162 valence electrons. The summed E-state index contributed by atoms with van der Waals surface area (Å²) in [6.07, 6.45) is -4.05. The molecule has 2 atom stereocenters. The van der Waals surface area contributed by atoms with Crippen molar-refractivity contribution in [1.82, 2.24) is 15.1 Å². The first-order valence-electron chi connectivity index (χ1n) is 10.1. The van der Waals surface area contributed by atoms with Gasteiger partial charge in [0.2, 0.25) is 0 Å². The third-order valence-corrected chi connectivity index (χ3v) is 5.44. The Morgan fingerprint density at radius 3 is 2.55 bits per heavy atom. The molecule has 1 aromatic heterocycles. The fraction of sp³-hybridized carbons (Fsp3) is 0.304. The van der Waals surface area contributed by atoms with E-state index in [0.717, 1.165) is 21.4 Å². The van der Waals surface area contributed by atoms with Crippen LogP contribution in [0.15, 0.2) is 60.7 Å². The van der Waals surface area contributed by atoms with E-state index < -0.39 is 24.2 Å². The number of aryl methyl sites for hydroxylation is 1. The zero-order valence-electron chi connectivity index (χ0n) is 17.0. The van der Waals surface area contributed by atoms with Crippen molar-refractivity contribution < 1.29 is 18.0 Å². The van der Waals surface area contributed by atoms with Gasteiger partial charge < -0.3 is 10.6 Å². The summed E-state index contributed by atoms with van der Waals surface area (Å²) in [6.45, 7) is 2.29. The summed E-state index contributed by atoms with van der Waals surface area (Å²) in [4.78, 5) is 12.5. The number of alkyl halides is 3. The summed E-state index contributed by atoms with van der Waals surface area (Å²) in [5.41, 5.74) is 2.83. The molecule has 2 aromatic carbocycles. The van der Waals surface area contributed by atoms with E-state index in [9.17, 15) is 18.0 Å². The fourth-order valence-electron chi connectivity index (χ4n) is 3.76. The number of anilines is 1. The molecule has 1 aliphatic heterocycles. The topological polar surface area (TPSA) is 59.0 Å². The van der Waals surface area contributed by atoms with Crippen LogP contribution in [0, 0.1) is 6.92 Å². The van der Waals surface area contributed by atoms with Crippen LogP contribution in [0.3, 0.4) is 0 Å². The Bertz CT molecular complexity index is 1040. The van der Waals surface area contributed by atoms with Gasteiger partial charge in [-0.3, -0.25) is 4.79 Å². The summed E-state index contributed by atoms with van der Waals surface area (Å²) in [5, 5.41) is 9.84. The molecule has 2 heterocycles. The van der Waals surface area contributed by atoms with Crippen molar-refractivity contribution in [1.29, 1.82) is 0 Å². The van der Waals surface area contributed by atoms with Gasteiger partial charge in [0, 0.05) is 19.0 Å². The molecule has 2 N–H and O–H groups in total. The lowest BCUT2D eigenvalue weighted by Crippen LogP contribution is -2.35. The van der Waals surface area contributed by atoms with E-state index in [-0.39, 0.29) is 17.9 Å². The number of fused-ring (bicyclic) bond motifs is 1. The maximum atomic E-state index is 13.8. The monoisotopic (exact) mass is 428 g/mol. The average molecular weight is 428 g/mol. The smallest absolute Gasteiger partial charge is 0.363 e. The largest absolute Gasteiger partial charge is 0.410 e. The summed E-state index contributed by atoms with van der Waals surface area (Å²) in [5.74, 6) is -0.306. The van der Waals surface area contributed by atoms with Crippen molar-refractivity contribution in [2.24, 2.45) is 0 Å². The summed E-state index contributed by atoms with van der Waals surface area (Å²) in [6, 6.07) is 16.1. The SMILES string of the molecule is Cc1ccc([C@H]2C[C@@H](C(F)(F)F)n3nc(C(=O)NCCc4ccccc4)cc3N2)cc1. The molecule has 0 radical (unpaired) electrons. The van der Waals surface area contributed by atoms with Gasteiger partial charge in [-0.2, -0.15) is 18.3 Å². The van der Waals surface area contributed by atoms with Crippen molar-refractivity contribution in [3.63, 3.8) is 0 Å². The van der Waals surface area contributed by atoms with Crippen molar-refractivity contribution in [3.8, 4) is 0 Å². The number of carbonyl (C=O) groups is 1. The van der Waals surface area contributed by atoms with E-state index >= 15 is 0 Å². The fourth-order valence-corrected chi connectivity index (χ4v) is 3.76. The Morgan fingerprint density at radius 2 is 1.87 bits per heavy atom. The third kappa shape index (κ3) is 4.73. The molecule has 4 rings (SSSR count). The number of nitrogens with zero attached hydrogens (tertiary/aromatic N) is 2. The van der Waals surface area contributed by atoms with Gasteiger partial charge in [-0.15, -0.1) is 0 Å². The van der Waals surface area contributed by atoms with Gasteiger partial charge in [0.05, 0.1) is 6.04 Å². The molecule has 0 bridgehead atoms. The Kier molecular flexibility index (Phi) is 5.71. The molecule has 3 aromatic rings. The summed E-state index contributed by atoms with van der Waals surface area (Å²) >= 11 is 0. The van der Waals surface area contributed by atoms with Crippen molar-refractivity contribution in [2.75, 3.05) is 11.9 Å². The van der Waals surface area contributed by atoms with Crippen LogP contribution in [0.25, 0.3) is 0 Å². The zero-order chi connectivity index (χ0) is 22.0. The predicted octanol–water partition coefficient (Wildman–Crippen LogP) is 4.82. The molecule has 0 fully saturated rings. The van der Waals surface area contributed by atoms with E-state index in [1.54, 1.807) is 0 Å². The van der Waals surface area contributed by atoms with Gasteiger partial charge in [-0.05, 0) is 24.5 Å². The predicted molar refractivity (Wildman–Crippen MR) is 112 cm³/mol. The Labute approximate surface area is 178 Å². The number of carbonyl (C=O) groups excluding carboxylic acids is 1. The number of amides is 1. The second-order valence-corrected chi connectivity index (χ2v) is 7.75.